The number of carbonyl (C=O) groups is 1. The van der Waals surface area contributed by atoms with Gasteiger partial charge < -0.3 is 5.32 Å². The van der Waals surface area contributed by atoms with Gasteiger partial charge in [0.2, 0.25) is 5.13 Å². The molecule has 0 aliphatic rings. The predicted molar refractivity (Wildman–Crippen MR) is 92.8 cm³/mol. The van der Waals surface area contributed by atoms with E-state index in [1.807, 2.05) is 43.5 Å². The minimum absolute atomic E-state index is 0.315. The maximum atomic E-state index is 11.9. The SMILES string of the molecule is Cc1ccc(-c2nnc(NC(=O)NCc3nc(C)cs3)s2)cc1. The molecule has 0 fully saturated rings. The molecule has 2 amide bonds. The summed E-state index contributed by atoms with van der Waals surface area (Å²) in [7, 11) is 0. The zero-order chi connectivity index (χ0) is 16.2. The van der Waals surface area contributed by atoms with E-state index in [-0.39, 0.29) is 6.03 Å². The molecule has 8 heteroatoms. The Morgan fingerprint density at radius 1 is 1.17 bits per heavy atom. The van der Waals surface area contributed by atoms with Gasteiger partial charge in [-0.1, -0.05) is 41.2 Å². The fourth-order valence-electron chi connectivity index (χ4n) is 1.87. The second-order valence-electron chi connectivity index (χ2n) is 4.97. The molecule has 2 heterocycles. The summed E-state index contributed by atoms with van der Waals surface area (Å²) in [6.45, 7) is 4.35. The Balaban J connectivity index is 1.58. The van der Waals surface area contributed by atoms with E-state index in [1.165, 1.54) is 28.2 Å². The van der Waals surface area contributed by atoms with Crippen LogP contribution < -0.4 is 10.6 Å². The summed E-state index contributed by atoms with van der Waals surface area (Å²) in [5, 5.41) is 17.6. The van der Waals surface area contributed by atoms with Crippen LogP contribution in [0.5, 0.6) is 0 Å². The summed E-state index contributed by atoms with van der Waals surface area (Å²) in [6.07, 6.45) is 0. The van der Waals surface area contributed by atoms with Crippen LogP contribution in [0.4, 0.5) is 9.93 Å². The molecule has 3 rings (SSSR count). The smallest absolute Gasteiger partial charge is 0.321 e. The van der Waals surface area contributed by atoms with Crippen LogP contribution in [0.1, 0.15) is 16.3 Å². The van der Waals surface area contributed by atoms with Crippen LogP contribution in [0.2, 0.25) is 0 Å². The van der Waals surface area contributed by atoms with Gasteiger partial charge in [0.1, 0.15) is 10.0 Å². The molecule has 0 atom stereocenters. The normalized spacial score (nSPS) is 10.5. The first-order valence-corrected chi connectivity index (χ1v) is 8.66. The number of hydrogen-bond acceptors (Lipinski definition) is 6. The number of nitrogens with zero attached hydrogens (tertiary/aromatic N) is 3. The highest BCUT2D eigenvalue weighted by Gasteiger charge is 2.10. The number of hydrogen-bond donors (Lipinski definition) is 2. The molecule has 0 radical (unpaired) electrons. The molecule has 0 unspecified atom stereocenters. The van der Waals surface area contributed by atoms with Crippen LogP contribution >= 0.6 is 22.7 Å². The molecule has 1 aromatic carbocycles. The molecule has 6 nitrogen and oxygen atoms in total. The third kappa shape index (κ3) is 4.11. The number of anilines is 1. The zero-order valence-corrected chi connectivity index (χ0v) is 14.3. The van der Waals surface area contributed by atoms with Gasteiger partial charge in [0.05, 0.1) is 6.54 Å². The number of urea groups is 1. The Bertz CT molecular complexity index is 809. The van der Waals surface area contributed by atoms with Gasteiger partial charge in [-0.05, 0) is 13.8 Å². The van der Waals surface area contributed by atoms with E-state index in [0.717, 1.165) is 21.3 Å². The fourth-order valence-corrected chi connectivity index (χ4v) is 3.32. The largest absolute Gasteiger partial charge is 0.331 e. The first-order valence-electron chi connectivity index (χ1n) is 6.96. The maximum Gasteiger partial charge on any atom is 0.321 e. The second-order valence-corrected chi connectivity index (χ2v) is 6.89. The van der Waals surface area contributed by atoms with Gasteiger partial charge in [-0.15, -0.1) is 21.5 Å². The lowest BCUT2D eigenvalue weighted by molar-refractivity contribution is 0.251. The van der Waals surface area contributed by atoms with Crippen molar-refractivity contribution in [3.8, 4) is 10.6 Å². The van der Waals surface area contributed by atoms with Crippen molar-refractivity contribution < 1.29 is 4.79 Å². The summed E-state index contributed by atoms with van der Waals surface area (Å²) < 4.78 is 0. The summed E-state index contributed by atoms with van der Waals surface area (Å²) >= 11 is 2.86. The monoisotopic (exact) mass is 345 g/mol. The number of benzene rings is 1. The van der Waals surface area contributed by atoms with Crippen molar-refractivity contribution in [1.82, 2.24) is 20.5 Å². The topological polar surface area (TPSA) is 79.8 Å². The average molecular weight is 345 g/mol. The van der Waals surface area contributed by atoms with Crippen LogP contribution in [-0.4, -0.2) is 21.2 Å². The minimum Gasteiger partial charge on any atom is -0.331 e. The lowest BCUT2D eigenvalue weighted by Gasteiger charge is -2.02. The standard InChI is InChI=1S/C15H15N5OS2/c1-9-3-5-11(6-4-9)13-19-20-15(23-13)18-14(21)16-7-12-17-10(2)8-22-12/h3-6,8H,7H2,1-2H3,(H2,16,18,20,21). The van der Waals surface area contributed by atoms with Crippen LogP contribution in [0.3, 0.4) is 0 Å². The van der Waals surface area contributed by atoms with Crippen LogP contribution in [0.15, 0.2) is 29.6 Å². The zero-order valence-electron chi connectivity index (χ0n) is 12.7. The van der Waals surface area contributed by atoms with Crippen molar-refractivity contribution in [3.63, 3.8) is 0 Å². The van der Waals surface area contributed by atoms with Crippen molar-refractivity contribution in [1.29, 1.82) is 0 Å². The number of carbonyl (C=O) groups excluding carboxylic acids is 1. The van der Waals surface area contributed by atoms with E-state index < -0.39 is 0 Å². The highest BCUT2D eigenvalue weighted by atomic mass is 32.1. The van der Waals surface area contributed by atoms with Crippen molar-refractivity contribution in [2.45, 2.75) is 20.4 Å². The van der Waals surface area contributed by atoms with Crippen LogP contribution in [0, 0.1) is 13.8 Å². The van der Waals surface area contributed by atoms with Crippen molar-refractivity contribution in [2.24, 2.45) is 0 Å². The number of aryl methyl sites for hydroxylation is 2. The molecule has 3 aromatic rings. The molecule has 2 N–H and O–H groups in total. The molecule has 0 saturated heterocycles. The van der Waals surface area contributed by atoms with Gasteiger partial charge in [0.25, 0.3) is 0 Å². The summed E-state index contributed by atoms with van der Waals surface area (Å²) in [6, 6.07) is 7.71. The van der Waals surface area contributed by atoms with Gasteiger partial charge >= 0.3 is 6.03 Å². The van der Waals surface area contributed by atoms with E-state index in [2.05, 4.69) is 25.8 Å². The fraction of sp³-hybridized carbons (Fsp3) is 0.200. The van der Waals surface area contributed by atoms with Crippen molar-refractivity contribution in [2.75, 3.05) is 5.32 Å². The average Bonchev–Trinajstić information content (AvgIpc) is 3.15. The van der Waals surface area contributed by atoms with E-state index in [0.29, 0.717) is 11.7 Å². The van der Waals surface area contributed by atoms with Crippen molar-refractivity contribution in [3.05, 3.63) is 45.9 Å². The van der Waals surface area contributed by atoms with E-state index in [9.17, 15) is 4.79 Å². The van der Waals surface area contributed by atoms with E-state index >= 15 is 0 Å². The minimum atomic E-state index is -0.315. The van der Waals surface area contributed by atoms with Gasteiger partial charge in [-0.25, -0.2) is 9.78 Å². The Kier molecular flexibility index (Phi) is 4.63. The van der Waals surface area contributed by atoms with Gasteiger partial charge in [0, 0.05) is 16.6 Å². The van der Waals surface area contributed by atoms with Crippen LogP contribution in [-0.2, 0) is 6.54 Å². The molecule has 0 aliphatic carbocycles. The Morgan fingerprint density at radius 3 is 2.65 bits per heavy atom. The first-order chi connectivity index (χ1) is 11.1. The van der Waals surface area contributed by atoms with E-state index in [1.54, 1.807) is 0 Å². The van der Waals surface area contributed by atoms with Crippen LogP contribution in [0.25, 0.3) is 10.6 Å². The third-order valence-electron chi connectivity index (χ3n) is 3.01. The van der Waals surface area contributed by atoms with E-state index in [4.69, 9.17) is 0 Å². The molecule has 0 bridgehead atoms. The highest BCUT2D eigenvalue weighted by Crippen LogP contribution is 2.26. The highest BCUT2D eigenvalue weighted by molar-refractivity contribution is 7.18. The third-order valence-corrected chi connectivity index (χ3v) is 4.87. The quantitative estimate of drug-likeness (QED) is 0.757. The Labute approximate surface area is 141 Å². The molecular formula is C15H15N5OS2. The molecule has 0 saturated carbocycles. The number of aromatic nitrogens is 3. The van der Waals surface area contributed by atoms with Crippen molar-refractivity contribution >= 4 is 33.8 Å². The number of amides is 2. The van der Waals surface area contributed by atoms with Gasteiger partial charge in [-0.2, -0.15) is 0 Å². The maximum absolute atomic E-state index is 11.9. The Hall–Kier alpha value is -2.32. The molecule has 118 valence electrons. The van der Waals surface area contributed by atoms with Gasteiger partial charge in [-0.3, -0.25) is 5.32 Å². The molecule has 0 aliphatic heterocycles. The summed E-state index contributed by atoms with van der Waals surface area (Å²) in [5.41, 5.74) is 3.13. The number of nitrogens with one attached hydrogen (secondary N) is 2. The number of rotatable bonds is 4. The predicted octanol–water partition coefficient (Wildman–Crippen LogP) is 3.60. The van der Waals surface area contributed by atoms with Gasteiger partial charge in [0.15, 0.2) is 0 Å². The molecule has 0 spiro atoms. The molecule has 2 aromatic heterocycles. The summed E-state index contributed by atoms with van der Waals surface area (Å²) in [5.74, 6) is 0. The first kappa shape index (κ1) is 15.6. The summed E-state index contributed by atoms with van der Waals surface area (Å²) in [4.78, 5) is 16.2. The lowest BCUT2D eigenvalue weighted by atomic mass is 10.2. The molecule has 23 heavy (non-hydrogen) atoms. The lowest BCUT2D eigenvalue weighted by Crippen LogP contribution is -2.28. The number of thiazole rings is 1. The molecular weight excluding hydrogens is 330 g/mol. The Morgan fingerprint density at radius 2 is 1.96 bits per heavy atom. The second kappa shape index (κ2) is 6.84.